The van der Waals surface area contributed by atoms with Crippen LogP contribution in [0, 0.1) is 0 Å². The Morgan fingerprint density at radius 3 is 2.67 bits per heavy atom. The molecule has 0 fully saturated rings. The van der Waals surface area contributed by atoms with Gasteiger partial charge in [-0.2, -0.15) is 0 Å². The molecular weight excluding hydrogens is 401 g/mol. The minimum absolute atomic E-state index is 0.122. The maximum absolute atomic E-state index is 12.0. The number of carbonyl (C=O) groups excluding carboxylic acids is 1. The Labute approximate surface area is 131 Å². The van der Waals surface area contributed by atoms with Crippen molar-refractivity contribution in [2.75, 3.05) is 0 Å². The van der Waals surface area contributed by atoms with Gasteiger partial charge in [0.1, 0.15) is 0 Å². The SMILES string of the molecule is O=C(NCc1ccc(Br)s1)c1ccc(Cl)cc1Br. The average molecular weight is 410 g/mol. The van der Waals surface area contributed by atoms with Gasteiger partial charge in [-0.25, -0.2) is 0 Å². The van der Waals surface area contributed by atoms with Crippen molar-refractivity contribution < 1.29 is 4.79 Å². The second kappa shape index (κ2) is 6.19. The topological polar surface area (TPSA) is 29.1 Å². The van der Waals surface area contributed by atoms with Gasteiger partial charge < -0.3 is 5.32 Å². The third kappa shape index (κ3) is 3.57. The number of rotatable bonds is 3. The maximum Gasteiger partial charge on any atom is 0.252 e. The van der Waals surface area contributed by atoms with Crippen LogP contribution >= 0.6 is 54.8 Å². The molecule has 1 amide bonds. The summed E-state index contributed by atoms with van der Waals surface area (Å²) >= 11 is 14.1. The van der Waals surface area contributed by atoms with Crippen LogP contribution in [-0.2, 0) is 6.54 Å². The molecule has 0 aliphatic heterocycles. The van der Waals surface area contributed by atoms with Crippen molar-refractivity contribution in [3.8, 4) is 0 Å². The Morgan fingerprint density at radius 2 is 2.06 bits per heavy atom. The molecule has 0 radical (unpaired) electrons. The molecule has 0 aliphatic rings. The third-order valence-electron chi connectivity index (χ3n) is 2.23. The van der Waals surface area contributed by atoms with Crippen LogP contribution in [0.1, 0.15) is 15.2 Å². The van der Waals surface area contributed by atoms with Gasteiger partial charge in [-0.3, -0.25) is 4.79 Å². The molecule has 0 saturated carbocycles. The van der Waals surface area contributed by atoms with Crippen LogP contribution in [0.3, 0.4) is 0 Å². The average Bonchev–Trinajstić information content (AvgIpc) is 2.72. The molecule has 18 heavy (non-hydrogen) atoms. The fraction of sp³-hybridized carbons (Fsp3) is 0.0833. The van der Waals surface area contributed by atoms with Crippen LogP contribution in [-0.4, -0.2) is 5.91 Å². The first-order valence-electron chi connectivity index (χ1n) is 5.04. The summed E-state index contributed by atoms with van der Waals surface area (Å²) in [5.74, 6) is -0.122. The molecule has 0 unspecified atom stereocenters. The fourth-order valence-corrected chi connectivity index (χ4v) is 3.67. The Hall–Kier alpha value is -0.360. The highest BCUT2D eigenvalue weighted by atomic mass is 79.9. The van der Waals surface area contributed by atoms with Gasteiger partial charge in [0.15, 0.2) is 0 Å². The molecule has 94 valence electrons. The Kier molecular flexibility index (Phi) is 4.84. The van der Waals surface area contributed by atoms with E-state index in [1.54, 1.807) is 29.5 Å². The summed E-state index contributed by atoms with van der Waals surface area (Å²) in [6, 6.07) is 9.05. The lowest BCUT2D eigenvalue weighted by atomic mass is 10.2. The predicted octanol–water partition coefficient (Wildman–Crippen LogP) is 4.86. The van der Waals surface area contributed by atoms with Crippen LogP contribution < -0.4 is 5.32 Å². The van der Waals surface area contributed by atoms with Crippen molar-refractivity contribution in [3.05, 3.63) is 54.1 Å². The number of benzene rings is 1. The Balaban J connectivity index is 2.03. The summed E-state index contributed by atoms with van der Waals surface area (Å²) < 4.78 is 1.75. The number of carbonyl (C=O) groups is 1. The number of hydrogen-bond acceptors (Lipinski definition) is 2. The third-order valence-corrected chi connectivity index (χ3v) is 4.74. The molecule has 0 atom stereocenters. The van der Waals surface area contributed by atoms with E-state index in [9.17, 15) is 4.79 Å². The Bertz CT molecular complexity index is 585. The van der Waals surface area contributed by atoms with Crippen molar-refractivity contribution in [1.29, 1.82) is 0 Å². The second-order valence-corrected chi connectivity index (χ2v) is 7.35. The predicted molar refractivity (Wildman–Crippen MR) is 82.3 cm³/mol. The van der Waals surface area contributed by atoms with E-state index < -0.39 is 0 Å². The number of amides is 1. The van der Waals surface area contributed by atoms with E-state index in [2.05, 4.69) is 37.2 Å². The summed E-state index contributed by atoms with van der Waals surface area (Å²) in [5.41, 5.74) is 0.579. The molecule has 6 heteroatoms. The molecular formula is C12H8Br2ClNOS. The first-order chi connectivity index (χ1) is 8.56. The molecule has 1 aromatic heterocycles. The van der Waals surface area contributed by atoms with E-state index in [0.29, 0.717) is 21.6 Å². The second-order valence-electron chi connectivity index (χ2n) is 3.51. The van der Waals surface area contributed by atoms with E-state index in [1.807, 2.05) is 12.1 Å². The Morgan fingerprint density at radius 1 is 1.28 bits per heavy atom. The van der Waals surface area contributed by atoms with Crippen molar-refractivity contribution in [2.24, 2.45) is 0 Å². The molecule has 2 aromatic rings. The molecule has 0 bridgehead atoms. The lowest BCUT2D eigenvalue weighted by Gasteiger charge is -2.06. The monoisotopic (exact) mass is 407 g/mol. The summed E-state index contributed by atoms with van der Waals surface area (Å²) in [6.45, 7) is 0.518. The summed E-state index contributed by atoms with van der Waals surface area (Å²) in [6.07, 6.45) is 0. The van der Waals surface area contributed by atoms with Gasteiger partial charge >= 0.3 is 0 Å². The zero-order valence-electron chi connectivity index (χ0n) is 9.04. The molecule has 1 heterocycles. The molecule has 0 saturated heterocycles. The van der Waals surface area contributed by atoms with Crippen LogP contribution in [0.25, 0.3) is 0 Å². The minimum atomic E-state index is -0.122. The molecule has 2 rings (SSSR count). The van der Waals surface area contributed by atoms with Gasteiger partial charge in [0.25, 0.3) is 5.91 Å². The minimum Gasteiger partial charge on any atom is -0.347 e. The van der Waals surface area contributed by atoms with Gasteiger partial charge in [0.05, 0.1) is 15.9 Å². The van der Waals surface area contributed by atoms with Gasteiger partial charge in [-0.15, -0.1) is 11.3 Å². The van der Waals surface area contributed by atoms with Gasteiger partial charge in [0, 0.05) is 14.4 Å². The number of halogens is 3. The highest BCUT2D eigenvalue weighted by Crippen LogP contribution is 2.23. The molecule has 1 aromatic carbocycles. The maximum atomic E-state index is 12.0. The van der Waals surface area contributed by atoms with Crippen molar-refractivity contribution in [1.82, 2.24) is 5.32 Å². The smallest absolute Gasteiger partial charge is 0.252 e. The van der Waals surface area contributed by atoms with Crippen molar-refractivity contribution in [3.63, 3.8) is 0 Å². The molecule has 0 spiro atoms. The van der Waals surface area contributed by atoms with Crippen LogP contribution in [0.15, 0.2) is 38.6 Å². The molecule has 0 aliphatic carbocycles. The van der Waals surface area contributed by atoms with E-state index in [4.69, 9.17) is 11.6 Å². The quantitative estimate of drug-likeness (QED) is 0.771. The zero-order chi connectivity index (χ0) is 13.1. The fourth-order valence-electron chi connectivity index (χ4n) is 1.38. The summed E-state index contributed by atoms with van der Waals surface area (Å²) in [4.78, 5) is 13.1. The highest BCUT2D eigenvalue weighted by Gasteiger charge is 2.10. The standard InChI is InChI=1S/C12H8Br2ClNOS/c13-10-5-7(15)1-3-9(10)12(17)16-6-8-2-4-11(14)18-8/h1-5H,6H2,(H,16,17). The van der Waals surface area contributed by atoms with Gasteiger partial charge in [-0.1, -0.05) is 11.6 Å². The summed E-state index contributed by atoms with van der Waals surface area (Å²) in [5, 5.41) is 3.46. The van der Waals surface area contributed by atoms with Crippen LogP contribution in [0.4, 0.5) is 0 Å². The zero-order valence-corrected chi connectivity index (χ0v) is 13.8. The van der Waals surface area contributed by atoms with E-state index in [1.165, 1.54) is 0 Å². The van der Waals surface area contributed by atoms with Gasteiger partial charge in [0.2, 0.25) is 0 Å². The largest absolute Gasteiger partial charge is 0.347 e. The number of nitrogens with one attached hydrogen (secondary N) is 1. The lowest BCUT2D eigenvalue weighted by molar-refractivity contribution is 0.0950. The number of thiophene rings is 1. The van der Waals surface area contributed by atoms with Gasteiger partial charge in [-0.05, 0) is 62.2 Å². The van der Waals surface area contributed by atoms with Crippen molar-refractivity contribution in [2.45, 2.75) is 6.54 Å². The first kappa shape index (κ1) is 14.1. The van der Waals surface area contributed by atoms with Crippen LogP contribution in [0.2, 0.25) is 5.02 Å². The molecule has 2 nitrogen and oxygen atoms in total. The normalized spacial score (nSPS) is 10.4. The number of hydrogen-bond donors (Lipinski definition) is 1. The van der Waals surface area contributed by atoms with E-state index in [-0.39, 0.29) is 5.91 Å². The lowest BCUT2D eigenvalue weighted by Crippen LogP contribution is -2.22. The van der Waals surface area contributed by atoms with E-state index in [0.717, 1.165) is 8.66 Å². The van der Waals surface area contributed by atoms with E-state index >= 15 is 0 Å². The first-order valence-corrected chi connectivity index (χ1v) is 7.82. The highest BCUT2D eigenvalue weighted by molar-refractivity contribution is 9.11. The van der Waals surface area contributed by atoms with Crippen LogP contribution in [0.5, 0.6) is 0 Å². The van der Waals surface area contributed by atoms with Crippen molar-refractivity contribution >= 4 is 60.7 Å². The summed E-state index contributed by atoms with van der Waals surface area (Å²) in [7, 11) is 0. The molecule has 1 N–H and O–H groups in total.